The Labute approximate surface area is 55.1 Å². The minimum absolute atomic E-state index is 0.172. The minimum Gasteiger partial charge on any atom is -0.386 e. The van der Waals surface area contributed by atoms with E-state index >= 15 is 0 Å². The first-order valence-electron chi connectivity index (χ1n) is 3.09. The molecule has 3 atom stereocenters. The van der Waals surface area contributed by atoms with E-state index in [0.29, 0.717) is 0 Å². The van der Waals surface area contributed by atoms with Crippen molar-refractivity contribution in [2.24, 2.45) is 0 Å². The Morgan fingerprint density at radius 1 is 1.89 bits per heavy atom. The van der Waals surface area contributed by atoms with Crippen LogP contribution in [0.4, 0.5) is 0 Å². The maximum Gasteiger partial charge on any atom is 0.121 e. The van der Waals surface area contributed by atoms with Crippen molar-refractivity contribution in [1.29, 1.82) is 0 Å². The lowest BCUT2D eigenvalue weighted by Gasteiger charge is -2.08. The van der Waals surface area contributed by atoms with E-state index in [0.717, 1.165) is 0 Å². The molecule has 1 saturated heterocycles. The molecule has 1 aliphatic heterocycles. The van der Waals surface area contributed by atoms with Crippen LogP contribution in [0.2, 0.25) is 0 Å². The van der Waals surface area contributed by atoms with Gasteiger partial charge in [-0.1, -0.05) is 6.08 Å². The maximum absolute atomic E-state index is 9.18. The Balaban J connectivity index is 2.52. The van der Waals surface area contributed by atoms with Gasteiger partial charge in [0.15, 0.2) is 0 Å². The highest BCUT2D eigenvalue weighted by Crippen LogP contribution is 2.38. The molecule has 0 unspecified atom stereocenters. The first-order valence-corrected chi connectivity index (χ1v) is 3.09. The van der Waals surface area contributed by atoms with Gasteiger partial charge in [-0.05, 0) is 13.8 Å². The van der Waals surface area contributed by atoms with Crippen LogP contribution in [0.25, 0.3) is 0 Å². The van der Waals surface area contributed by atoms with Gasteiger partial charge in [-0.3, -0.25) is 0 Å². The summed E-state index contributed by atoms with van der Waals surface area (Å²) < 4.78 is 5.14. The van der Waals surface area contributed by atoms with Gasteiger partial charge in [0.2, 0.25) is 0 Å². The van der Waals surface area contributed by atoms with Crippen LogP contribution in [-0.4, -0.2) is 22.9 Å². The van der Waals surface area contributed by atoms with Crippen LogP contribution in [0.5, 0.6) is 0 Å². The largest absolute Gasteiger partial charge is 0.386 e. The van der Waals surface area contributed by atoms with Crippen molar-refractivity contribution in [3.63, 3.8) is 0 Å². The Kier molecular flexibility index (Phi) is 1.37. The second-order valence-corrected chi connectivity index (χ2v) is 2.62. The van der Waals surface area contributed by atoms with Gasteiger partial charge >= 0.3 is 0 Å². The molecule has 1 fully saturated rings. The van der Waals surface area contributed by atoms with Gasteiger partial charge < -0.3 is 9.84 Å². The highest BCUT2D eigenvalue weighted by Gasteiger charge is 2.53. The van der Waals surface area contributed by atoms with Crippen molar-refractivity contribution in [3.05, 3.63) is 12.7 Å². The zero-order valence-corrected chi connectivity index (χ0v) is 5.79. The number of ether oxygens (including phenoxy) is 1. The lowest BCUT2D eigenvalue weighted by Crippen LogP contribution is -2.25. The fraction of sp³-hybridized carbons (Fsp3) is 0.714. The van der Waals surface area contributed by atoms with Crippen molar-refractivity contribution >= 4 is 0 Å². The monoisotopic (exact) mass is 128 g/mol. The van der Waals surface area contributed by atoms with Gasteiger partial charge in [-0.2, -0.15) is 0 Å². The normalized spacial score (nSPS) is 44.1. The lowest BCUT2D eigenvalue weighted by molar-refractivity contribution is 0.124. The van der Waals surface area contributed by atoms with E-state index in [4.69, 9.17) is 4.74 Å². The highest BCUT2D eigenvalue weighted by atomic mass is 16.6. The molecule has 2 heteroatoms. The molecule has 1 heterocycles. The molecule has 52 valence electrons. The molecule has 0 bridgehead atoms. The van der Waals surface area contributed by atoms with Crippen LogP contribution in [0.15, 0.2) is 12.7 Å². The minimum atomic E-state index is -0.521. The molecule has 1 aliphatic rings. The first kappa shape index (κ1) is 6.78. The molecule has 1 N–H and O–H groups in total. The van der Waals surface area contributed by atoms with Crippen molar-refractivity contribution in [3.8, 4) is 0 Å². The fourth-order valence-electron chi connectivity index (χ4n) is 0.891. The smallest absolute Gasteiger partial charge is 0.121 e. The van der Waals surface area contributed by atoms with Crippen molar-refractivity contribution in [1.82, 2.24) is 0 Å². The summed E-state index contributed by atoms with van der Waals surface area (Å²) in [5, 5.41) is 9.18. The zero-order chi connectivity index (χ0) is 7.07. The van der Waals surface area contributed by atoms with Crippen LogP contribution in [0.3, 0.4) is 0 Å². The van der Waals surface area contributed by atoms with Gasteiger partial charge in [0, 0.05) is 0 Å². The summed E-state index contributed by atoms with van der Waals surface area (Å²) in [6, 6.07) is 0. The lowest BCUT2D eigenvalue weighted by atomic mass is 10.0. The van der Waals surface area contributed by atoms with E-state index in [2.05, 4.69) is 6.58 Å². The Bertz CT molecular complexity index is 133. The summed E-state index contributed by atoms with van der Waals surface area (Å²) in [6.45, 7) is 7.29. The molecule has 0 aromatic rings. The third-order valence-electron chi connectivity index (χ3n) is 1.99. The van der Waals surface area contributed by atoms with Gasteiger partial charge in [0.05, 0.1) is 6.10 Å². The molecule has 0 radical (unpaired) electrons. The van der Waals surface area contributed by atoms with Crippen LogP contribution in [0, 0.1) is 0 Å². The van der Waals surface area contributed by atoms with Gasteiger partial charge in [-0.25, -0.2) is 0 Å². The second-order valence-electron chi connectivity index (χ2n) is 2.62. The molecular formula is C7H12O2. The van der Waals surface area contributed by atoms with Crippen molar-refractivity contribution in [2.75, 3.05) is 0 Å². The Morgan fingerprint density at radius 2 is 2.33 bits per heavy atom. The second kappa shape index (κ2) is 1.82. The average molecular weight is 128 g/mol. The van der Waals surface area contributed by atoms with E-state index in [1.54, 1.807) is 0 Å². The summed E-state index contributed by atoms with van der Waals surface area (Å²) in [4.78, 5) is 0. The summed E-state index contributed by atoms with van der Waals surface area (Å²) in [5.74, 6) is 0. The molecule has 0 aromatic carbocycles. The third-order valence-corrected chi connectivity index (χ3v) is 1.99. The van der Waals surface area contributed by atoms with Crippen LogP contribution >= 0.6 is 0 Å². The van der Waals surface area contributed by atoms with Crippen molar-refractivity contribution in [2.45, 2.75) is 31.7 Å². The molecule has 2 nitrogen and oxygen atoms in total. The van der Waals surface area contributed by atoms with E-state index in [1.807, 2.05) is 13.8 Å². The Morgan fingerprint density at radius 3 is 2.44 bits per heavy atom. The predicted octanol–water partition coefficient (Wildman–Crippen LogP) is 0.711. The Hall–Kier alpha value is -0.340. The molecule has 1 rings (SSSR count). The number of aliphatic hydroxyl groups is 1. The highest BCUT2D eigenvalue weighted by molar-refractivity contribution is 5.07. The number of epoxide rings is 1. The molecule has 0 saturated carbocycles. The van der Waals surface area contributed by atoms with Gasteiger partial charge in [0.25, 0.3) is 0 Å². The van der Waals surface area contributed by atoms with Crippen LogP contribution in [0.1, 0.15) is 13.8 Å². The quantitative estimate of drug-likeness (QED) is 0.439. The fourth-order valence-corrected chi connectivity index (χ4v) is 0.891. The molecule has 0 aliphatic carbocycles. The topological polar surface area (TPSA) is 32.8 Å². The zero-order valence-electron chi connectivity index (χ0n) is 5.79. The summed E-state index contributed by atoms with van der Waals surface area (Å²) in [7, 11) is 0. The molecule has 0 amide bonds. The number of hydrogen-bond acceptors (Lipinski definition) is 2. The van der Waals surface area contributed by atoms with Crippen LogP contribution in [-0.2, 0) is 4.74 Å². The SMILES string of the molecule is C=C[C@@H](O)[C@@]1(C)O[C@@H]1C. The number of hydrogen-bond donors (Lipinski definition) is 1. The van der Waals surface area contributed by atoms with Gasteiger partial charge in [-0.15, -0.1) is 6.58 Å². The van der Waals surface area contributed by atoms with E-state index in [-0.39, 0.29) is 11.7 Å². The van der Waals surface area contributed by atoms with Gasteiger partial charge in [0.1, 0.15) is 11.7 Å². The first-order chi connectivity index (χ1) is 4.11. The summed E-state index contributed by atoms with van der Waals surface area (Å²) in [6.07, 6.45) is 1.15. The van der Waals surface area contributed by atoms with E-state index < -0.39 is 6.10 Å². The number of rotatable bonds is 2. The standard InChI is InChI=1S/C7H12O2/c1-4-6(8)7(3)5(2)9-7/h4-6,8H,1H2,2-3H3/t5-,6-,7+/m1/s1. The molecule has 9 heavy (non-hydrogen) atoms. The molecule has 0 aromatic heterocycles. The summed E-state index contributed by atoms with van der Waals surface area (Å²) >= 11 is 0. The van der Waals surface area contributed by atoms with E-state index in [9.17, 15) is 5.11 Å². The predicted molar refractivity (Wildman–Crippen MR) is 35.2 cm³/mol. The molecular weight excluding hydrogens is 116 g/mol. The third kappa shape index (κ3) is 0.884. The maximum atomic E-state index is 9.18. The molecule has 0 spiro atoms. The average Bonchev–Trinajstić information content (AvgIpc) is 2.41. The number of aliphatic hydroxyl groups excluding tert-OH is 1. The van der Waals surface area contributed by atoms with Crippen molar-refractivity contribution < 1.29 is 9.84 Å². The summed E-state index contributed by atoms with van der Waals surface area (Å²) in [5.41, 5.74) is -0.345. The van der Waals surface area contributed by atoms with Crippen LogP contribution < -0.4 is 0 Å². The van der Waals surface area contributed by atoms with E-state index in [1.165, 1.54) is 6.08 Å².